The lowest BCUT2D eigenvalue weighted by molar-refractivity contribution is -0.122. The summed E-state index contributed by atoms with van der Waals surface area (Å²) in [5.74, 6) is 0.243. The number of nitrogens with one attached hydrogen (secondary N) is 2. The molecule has 3 aromatic carbocycles. The molecule has 4 rings (SSSR count). The van der Waals surface area contributed by atoms with E-state index in [0.717, 1.165) is 22.7 Å². The lowest BCUT2D eigenvalue weighted by atomic mass is 10.1. The van der Waals surface area contributed by atoms with Crippen LogP contribution in [0.15, 0.2) is 72.8 Å². The van der Waals surface area contributed by atoms with Gasteiger partial charge < -0.3 is 25.0 Å². The summed E-state index contributed by atoms with van der Waals surface area (Å²) in [4.78, 5) is 40.3. The molecule has 8 heteroatoms. The van der Waals surface area contributed by atoms with E-state index in [4.69, 9.17) is 9.47 Å². The van der Waals surface area contributed by atoms with Gasteiger partial charge in [0, 0.05) is 25.2 Å². The molecule has 1 saturated heterocycles. The van der Waals surface area contributed by atoms with Gasteiger partial charge in [0.25, 0.3) is 5.91 Å². The van der Waals surface area contributed by atoms with Gasteiger partial charge in [-0.05, 0) is 74.9 Å². The van der Waals surface area contributed by atoms with E-state index >= 15 is 0 Å². The third-order valence-corrected chi connectivity index (χ3v) is 6.13. The molecule has 198 valence electrons. The first-order valence-corrected chi connectivity index (χ1v) is 12.8. The van der Waals surface area contributed by atoms with E-state index in [1.54, 1.807) is 29.2 Å². The molecule has 1 heterocycles. The molecule has 2 N–H and O–H groups in total. The van der Waals surface area contributed by atoms with Crippen LogP contribution in [0.2, 0.25) is 0 Å². The highest BCUT2D eigenvalue weighted by atomic mass is 16.5. The first kappa shape index (κ1) is 26.7. The molecule has 38 heavy (non-hydrogen) atoms. The number of benzene rings is 3. The first-order chi connectivity index (χ1) is 18.3. The average Bonchev–Trinajstić information content (AvgIpc) is 3.30. The maximum atomic E-state index is 13.1. The van der Waals surface area contributed by atoms with Crippen LogP contribution in [0.25, 0.3) is 0 Å². The van der Waals surface area contributed by atoms with Gasteiger partial charge in [0.15, 0.2) is 0 Å². The van der Waals surface area contributed by atoms with Crippen LogP contribution in [0.1, 0.15) is 43.1 Å². The summed E-state index contributed by atoms with van der Waals surface area (Å²) in [6.45, 7) is 7.01. The maximum absolute atomic E-state index is 13.1. The van der Waals surface area contributed by atoms with E-state index in [-0.39, 0.29) is 36.8 Å². The molecule has 0 unspecified atom stereocenters. The fourth-order valence-electron chi connectivity index (χ4n) is 4.28. The summed E-state index contributed by atoms with van der Waals surface area (Å²) in [5.41, 5.74) is 2.41. The van der Waals surface area contributed by atoms with E-state index < -0.39 is 5.92 Å². The average molecular weight is 516 g/mol. The zero-order valence-electron chi connectivity index (χ0n) is 21.9. The number of carbonyl (C=O) groups is 3. The van der Waals surface area contributed by atoms with Gasteiger partial charge in [-0.15, -0.1) is 0 Å². The standard InChI is InChI=1S/C30H33N3O5/c1-4-37-24-13-9-21(10-14-24)18-31-30(36)26-7-5-6-8-27(26)32-29(35)22-17-28(34)33(19-22)23-11-15-25(16-12-23)38-20(2)3/h5-16,20,22H,4,17-19H2,1-3H3,(H,31,36)(H,32,35)/t22-/m1/s1. The van der Waals surface area contributed by atoms with Crippen molar-refractivity contribution in [3.63, 3.8) is 0 Å². The minimum Gasteiger partial charge on any atom is -0.494 e. The van der Waals surface area contributed by atoms with Crippen molar-refractivity contribution in [1.82, 2.24) is 5.32 Å². The van der Waals surface area contributed by atoms with Gasteiger partial charge in [0.05, 0.1) is 29.9 Å². The molecule has 1 aliphatic rings. The lowest BCUT2D eigenvalue weighted by Crippen LogP contribution is -2.29. The molecule has 0 aromatic heterocycles. The highest BCUT2D eigenvalue weighted by Crippen LogP contribution is 2.28. The molecule has 0 bridgehead atoms. The maximum Gasteiger partial charge on any atom is 0.253 e. The Hall–Kier alpha value is -4.33. The normalized spacial score (nSPS) is 14.9. The SMILES string of the molecule is CCOc1ccc(CNC(=O)c2ccccc2NC(=O)[C@@H]2CC(=O)N(c3ccc(OC(C)C)cc3)C2)cc1. The van der Waals surface area contributed by atoms with Crippen LogP contribution in [-0.2, 0) is 16.1 Å². The van der Waals surface area contributed by atoms with E-state index in [2.05, 4.69) is 10.6 Å². The summed E-state index contributed by atoms with van der Waals surface area (Å²) in [6, 6.07) is 21.6. The van der Waals surface area contributed by atoms with Crippen LogP contribution >= 0.6 is 0 Å². The van der Waals surface area contributed by atoms with Crippen molar-refractivity contribution in [2.45, 2.75) is 39.8 Å². The van der Waals surface area contributed by atoms with Crippen molar-refractivity contribution >= 4 is 29.1 Å². The summed E-state index contributed by atoms with van der Waals surface area (Å²) in [7, 11) is 0. The molecule has 1 atom stereocenters. The van der Waals surface area contributed by atoms with Gasteiger partial charge in [-0.2, -0.15) is 0 Å². The van der Waals surface area contributed by atoms with Gasteiger partial charge in [-0.3, -0.25) is 14.4 Å². The van der Waals surface area contributed by atoms with Gasteiger partial charge in [-0.25, -0.2) is 0 Å². The fourth-order valence-corrected chi connectivity index (χ4v) is 4.28. The molecule has 0 saturated carbocycles. The van der Waals surface area contributed by atoms with Gasteiger partial charge >= 0.3 is 0 Å². The Morgan fingerprint density at radius 2 is 1.66 bits per heavy atom. The lowest BCUT2D eigenvalue weighted by Gasteiger charge is -2.18. The van der Waals surface area contributed by atoms with Crippen LogP contribution < -0.4 is 25.0 Å². The van der Waals surface area contributed by atoms with E-state index in [9.17, 15) is 14.4 Å². The first-order valence-electron chi connectivity index (χ1n) is 12.8. The van der Waals surface area contributed by atoms with Crippen LogP contribution in [0.5, 0.6) is 11.5 Å². The number of hydrogen-bond donors (Lipinski definition) is 2. The van der Waals surface area contributed by atoms with Crippen molar-refractivity contribution in [2.24, 2.45) is 5.92 Å². The van der Waals surface area contributed by atoms with Crippen molar-refractivity contribution in [2.75, 3.05) is 23.4 Å². The number of rotatable bonds is 10. The number of hydrogen-bond acceptors (Lipinski definition) is 5. The fraction of sp³-hybridized carbons (Fsp3) is 0.300. The second-order valence-corrected chi connectivity index (χ2v) is 9.36. The molecule has 8 nitrogen and oxygen atoms in total. The third-order valence-electron chi connectivity index (χ3n) is 6.13. The van der Waals surface area contributed by atoms with Crippen molar-refractivity contribution in [1.29, 1.82) is 0 Å². The highest BCUT2D eigenvalue weighted by molar-refractivity contribution is 6.07. The van der Waals surface area contributed by atoms with Crippen LogP contribution in [-0.4, -0.2) is 37.0 Å². The zero-order valence-corrected chi connectivity index (χ0v) is 21.9. The van der Waals surface area contributed by atoms with Crippen molar-refractivity contribution in [3.8, 4) is 11.5 Å². The molecular formula is C30H33N3O5. The Bertz CT molecular complexity index is 1270. The molecule has 0 radical (unpaired) electrons. The Balaban J connectivity index is 1.37. The molecule has 0 aliphatic carbocycles. The van der Waals surface area contributed by atoms with Crippen molar-refractivity contribution < 1.29 is 23.9 Å². The third kappa shape index (κ3) is 6.70. The predicted octanol–water partition coefficient (Wildman–Crippen LogP) is 4.79. The zero-order chi connectivity index (χ0) is 27.1. The highest BCUT2D eigenvalue weighted by Gasteiger charge is 2.35. The Kier molecular flexibility index (Phi) is 8.63. The van der Waals surface area contributed by atoms with E-state index in [0.29, 0.717) is 24.4 Å². The predicted molar refractivity (Wildman–Crippen MR) is 147 cm³/mol. The largest absolute Gasteiger partial charge is 0.494 e. The van der Waals surface area contributed by atoms with Gasteiger partial charge in [0.2, 0.25) is 11.8 Å². The Labute approximate surface area is 222 Å². The topological polar surface area (TPSA) is 97.0 Å². The molecule has 0 spiro atoms. The summed E-state index contributed by atoms with van der Waals surface area (Å²) >= 11 is 0. The Morgan fingerprint density at radius 3 is 2.34 bits per heavy atom. The second kappa shape index (κ2) is 12.3. The van der Waals surface area contributed by atoms with Crippen LogP contribution in [0.3, 0.4) is 0 Å². The minimum absolute atomic E-state index is 0.0551. The molecule has 3 aromatic rings. The number of anilines is 2. The summed E-state index contributed by atoms with van der Waals surface area (Å²) < 4.78 is 11.1. The second-order valence-electron chi connectivity index (χ2n) is 9.36. The van der Waals surface area contributed by atoms with Gasteiger partial charge in [0.1, 0.15) is 11.5 Å². The number of carbonyl (C=O) groups excluding carboxylic acids is 3. The molecule has 3 amide bonds. The van der Waals surface area contributed by atoms with Crippen LogP contribution in [0, 0.1) is 5.92 Å². The van der Waals surface area contributed by atoms with E-state index in [1.165, 1.54) is 0 Å². The van der Waals surface area contributed by atoms with Gasteiger partial charge in [-0.1, -0.05) is 24.3 Å². The monoisotopic (exact) mass is 515 g/mol. The Morgan fingerprint density at radius 1 is 0.974 bits per heavy atom. The quantitative estimate of drug-likeness (QED) is 0.405. The number of ether oxygens (including phenoxy) is 2. The smallest absolute Gasteiger partial charge is 0.253 e. The summed E-state index contributed by atoms with van der Waals surface area (Å²) in [6.07, 6.45) is 0.154. The van der Waals surface area contributed by atoms with E-state index in [1.807, 2.05) is 69.3 Å². The number of nitrogens with zero attached hydrogens (tertiary/aromatic N) is 1. The minimum atomic E-state index is -0.533. The molecule has 1 fully saturated rings. The number of amides is 3. The van der Waals surface area contributed by atoms with Crippen LogP contribution in [0.4, 0.5) is 11.4 Å². The molecular weight excluding hydrogens is 482 g/mol. The molecule has 1 aliphatic heterocycles. The van der Waals surface area contributed by atoms with Crippen molar-refractivity contribution in [3.05, 3.63) is 83.9 Å². The summed E-state index contributed by atoms with van der Waals surface area (Å²) in [5, 5.41) is 5.76. The number of para-hydroxylation sites is 1.